The van der Waals surface area contributed by atoms with E-state index in [1.807, 2.05) is 0 Å². The molecule has 2 heteroatoms. The van der Waals surface area contributed by atoms with E-state index >= 15 is 0 Å². The van der Waals surface area contributed by atoms with Gasteiger partial charge in [-0.05, 0) is 80.3 Å². The lowest BCUT2D eigenvalue weighted by Gasteiger charge is -2.43. The highest BCUT2D eigenvalue weighted by Gasteiger charge is 2.47. The summed E-state index contributed by atoms with van der Waals surface area (Å²) in [5.41, 5.74) is 6.73. The molecule has 1 spiro atoms. The zero-order valence-electron chi connectivity index (χ0n) is 15.8. The van der Waals surface area contributed by atoms with Gasteiger partial charge in [0.15, 0.2) is 0 Å². The monoisotopic (exact) mass is 346 g/mol. The standard InChI is InChI=1S/C24H30N2/c1-17-22-8-4-2-6-18(22)15-21(26-17)16-20-14-19-7-3-5-9-23(19)24(20)10-12-25-13-11-24/h2-9,17,20-21,25-26H,10-16H2,1H3/t17?,20?,21-/m0/s1. The van der Waals surface area contributed by atoms with Crippen LogP contribution in [0.15, 0.2) is 48.5 Å². The van der Waals surface area contributed by atoms with Crippen molar-refractivity contribution in [2.45, 2.75) is 56.5 Å². The fraction of sp³-hybridized carbons (Fsp3) is 0.500. The number of fused-ring (bicyclic) bond motifs is 3. The van der Waals surface area contributed by atoms with Crippen molar-refractivity contribution in [3.8, 4) is 0 Å². The number of rotatable bonds is 2. The molecule has 1 saturated heterocycles. The normalized spacial score (nSPS) is 29.3. The average molecular weight is 347 g/mol. The Morgan fingerprint density at radius 2 is 1.65 bits per heavy atom. The van der Waals surface area contributed by atoms with Gasteiger partial charge in [0.2, 0.25) is 0 Å². The third-order valence-electron chi connectivity index (χ3n) is 7.34. The molecule has 2 N–H and O–H groups in total. The molecule has 0 amide bonds. The third-order valence-corrected chi connectivity index (χ3v) is 7.34. The van der Waals surface area contributed by atoms with Gasteiger partial charge < -0.3 is 10.6 Å². The summed E-state index contributed by atoms with van der Waals surface area (Å²) in [7, 11) is 0. The number of hydrogen-bond acceptors (Lipinski definition) is 2. The van der Waals surface area contributed by atoms with Crippen molar-refractivity contribution in [1.29, 1.82) is 0 Å². The fourth-order valence-electron chi connectivity index (χ4n) is 6.13. The van der Waals surface area contributed by atoms with Crippen molar-refractivity contribution >= 4 is 0 Å². The molecule has 2 aliphatic heterocycles. The highest BCUT2D eigenvalue weighted by atomic mass is 15.0. The van der Waals surface area contributed by atoms with E-state index in [0.717, 1.165) is 5.92 Å². The maximum Gasteiger partial charge on any atom is 0.0297 e. The molecular weight excluding hydrogens is 316 g/mol. The Labute approximate surface area is 157 Å². The first-order valence-corrected chi connectivity index (χ1v) is 10.4. The van der Waals surface area contributed by atoms with E-state index in [4.69, 9.17) is 0 Å². The Balaban J connectivity index is 1.42. The van der Waals surface area contributed by atoms with E-state index < -0.39 is 0 Å². The second-order valence-corrected chi connectivity index (χ2v) is 8.69. The molecule has 2 unspecified atom stereocenters. The van der Waals surface area contributed by atoms with Gasteiger partial charge in [0.25, 0.3) is 0 Å². The molecule has 2 nitrogen and oxygen atoms in total. The van der Waals surface area contributed by atoms with E-state index in [1.165, 1.54) is 50.8 Å². The largest absolute Gasteiger partial charge is 0.317 e. The topological polar surface area (TPSA) is 24.1 Å². The van der Waals surface area contributed by atoms with Crippen LogP contribution in [0.4, 0.5) is 0 Å². The molecule has 0 bridgehead atoms. The molecule has 0 aromatic heterocycles. The Morgan fingerprint density at radius 1 is 0.923 bits per heavy atom. The van der Waals surface area contributed by atoms with Crippen molar-refractivity contribution in [2.24, 2.45) is 5.92 Å². The molecule has 3 atom stereocenters. The molecule has 2 aromatic carbocycles. The molecule has 2 heterocycles. The molecule has 26 heavy (non-hydrogen) atoms. The minimum absolute atomic E-state index is 0.406. The molecule has 3 aliphatic rings. The van der Waals surface area contributed by atoms with Gasteiger partial charge in [0.1, 0.15) is 0 Å². The van der Waals surface area contributed by atoms with E-state index in [0.29, 0.717) is 17.5 Å². The highest BCUT2D eigenvalue weighted by Crippen LogP contribution is 2.51. The Bertz CT molecular complexity index is 790. The first-order valence-electron chi connectivity index (χ1n) is 10.4. The molecule has 0 saturated carbocycles. The van der Waals surface area contributed by atoms with Crippen LogP contribution in [0.3, 0.4) is 0 Å². The van der Waals surface area contributed by atoms with Crippen LogP contribution in [0.5, 0.6) is 0 Å². The first kappa shape index (κ1) is 16.5. The van der Waals surface area contributed by atoms with E-state index in [1.54, 1.807) is 16.7 Å². The summed E-state index contributed by atoms with van der Waals surface area (Å²) in [5.74, 6) is 0.775. The Hall–Kier alpha value is -1.64. The number of benzene rings is 2. The molecule has 136 valence electrons. The SMILES string of the molecule is CC1N[C@H](CC2Cc3ccccc3C23CCNCC3)Cc2ccccc21. The maximum absolute atomic E-state index is 3.93. The van der Waals surface area contributed by atoms with Gasteiger partial charge in [-0.3, -0.25) is 0 Å². The van der Waals surface area contributed by atoms with Gasteiger partial charge in [-0.1, -0.05) is 48.5 Å². The summed E-state index contributed by atoms with van der Waals surface area (Å²) in [5, 5.41) is 7.53. The van der Waals surface area contributed by atoms with Crippen LogP contribution < -0.4 is 10.6 Å². The number of hydrogen-bond donors (Lipinski definition) is 2. The van der Waals surface area contributed by atoms with Gasteiger partial charge in [-0.2, -0.15) is 0 Å². The lowest BCUT2D eigenvalue weighted by molar-refractivity contribution is 0.188. The minimum Gasteiger partial charge on any atom is -0.317 e. The van der Waals surface area contributed by atoms with Crippen LogP contribution in [-0.4, -0.2) is 19.1 Å². The summed E-state index contributed by atoms with van der Waals surface area (Å²) in [6, 6.07) is 19.4. The summed E-state index contributed by atoms with van der Waals surface area (Å²) >= 11 is 0. The minimum atomic E-state index is 0.406. The molecular formula is C24H30N2. The van der Waals surface area contributed by atoms with E-state index in [-0.39, 0.29) is 0 Å². The molecule has 2 aromatic rings. The van der Waals surface area contributed by atoms with Crippen LogP contribution in [-0.2, 0) is 18.3 Å². The quantitative estimate of drug-likeness (QED) is 0.854. The Kier molecular flexibility index (Phi) is 4.14. The van der Waals surface area contributed by atoms with Crippen LogP contribution >= 0.6 is 0 Å². The molecule has 0 radical (unpaired) electrons. The van der Waals surface area contributed by atoms with E-state index in [9.17, 15) is 0 Å². The van der Waals surface area contributed by atoms with Crippen molar-refractivity contribution in [3.05, 3.63) is 70.8 Å². The van der Waals surface area contributed by atoms with Crippen molar-refractivity contribution in [2.75, 3.05) is 13.1 Å². The van der Waals surface area contributed by atoms with Crippen LogP contribution in [0.2, 0.25) is 0 Å². The van der Waals surface area contributed by atoms with Gasteiger partial charge in [-0.15, -0.1) is 0 Å². The first-order chi connectivity index (χ1) is 12.8. The van der Waals surface area contributed by atoms with Crippen molar-refractivity contribution in [1.82, 2.24) is 10.6 Å². The van der Waals surface area contributed by atoms with Crippen LogP contribution in [0.25, 0.3) is 0 Å². The molecule has 1 aliphatic carbocycles. The van der Waals surface area contributed by atoms with Gasteiger partial charge >= 0.3 is 0 Å². The maximum atomic E-state index is 3.93. The smallest absolute Gasteiger partial charge is 0.0297 e. The Morgan fingerprint density at radius 3 is 2.50 bits per heavy atom. The van der Waals surface area contributed by atoms with E-state index in [2.05, 4.69) is 66.1 Å². The molecule has 5 rings (SSSR count). The summed E-state index contributed by atoms with van der Waals surface area (Å²) in [6.07, 6.45) is 6.35. The number of nitrogens with one attached hydrogen (secondary N) is 2. The van der Waals surface area contributed by atoms with Gasteiger partial charge in [0, 0.05) is 17.5 Å². The van der Waals surface area contributed by atoms with Gasteiger partial charge in [0.05, 0.1) is 0 Å². The zero-order chi connectivity index (χ0) is 17.6. The molecule has 1 fully saturated rings. The summed E-state index contributed by atoms with van der Waals surface area (Å²) in [6.45, 7) is 4.67. The lowest BCUT2D eigenvalue weighted by Crippen LogP contribution is -2.46. The fourth-order valence-corrected chi connectivity index (χ4v) is 6.13. The second kappa shape index (κ2) is 6.51. The van der Waals surface area contributed by atoms with Crippen molar-refractivity contribution < 1.29 is 0 Å². The van der Waals surface area contributed by atoms with Gasteiger partial charge in [-0.25, -0.2) is 0 Å². The highest BCUT2D eigenvalue weighted by molar-refractivity contribution is 5.42. The predicted molar refractivity (Wildman–Crippen MR) is 108 cm³/mol. The number of piperidine rings is 1. The summed E-state index contributed by atoms with van der Waals surface area (Å²) < 4.78 is 0. The average Bonchev–Trinajstić information content (AvgIpc) is 2.96. The predicted octanol–water partition coefficient (Wildman–Crippen LogP) is 4.15. The van der Waals surface area contributed by atoms with Crippen molar-refractivity contribution in [3.63, 3.8) is 0 Å². The lowest BCUT2D eigenvalue weighted by atomic mass is 9.66. The zero-order valence-corrected chi connectivity index (χ0v) is 15.8. The summed E-state index contributed by atoms with van der Waals surface area (Å²) in [4.78, 5) is 0. The van der Waals surface area contributed by atoms with Crippen LogP contribution in [0.1, 0.15) is 54.5 Å². The second-order valence-electron chi connectivity index (χ2n) is 8.69. The third kappa shape index (κ3) is 2.62. The van der Waals surface area contributed by atoms with Crippen LogP contribution in [0, 0.1) is 5.92 Å².